The van der Waals surface area contributed by atoms with Crippen molar-refractivity contribution in [2.24, 2.45) is 0 Å². The van der Waals surface area contributed by atoms with Crippen LogP contribution in [0.3, 0.4) is 0 Å². The number of fused-ring (bicyclic) bond motifs is 1. The van der Waals surface area contributed by atoms with Crippen LogP contribution in [-0.2, 0) is 0 Å². The first-order chi connectivity index (χ1) is 12.7. The molecule has 0 unspecified atom stereocenters. The fourth-order valence-corrected chi connectivity index (χ4v) is 4.35. The number of aryl methyl sites for hydroxylation is 1. The molecular weight excluding hydrogens is 366 g/mol. The van der Waals surface area contributed by atoms with Gasteiger partial charge < -0.3 is 4.74 Å². The summed E-state index contributed by atoms with van der Waals surface area (Å²) in [5, 5.41) is 6.42. The van der Waals surface area contributed by atoms with E-state index in [2.05, 4.69) is 17.0 Å². The Kier molecular flexibility index (Phi) is 4.57. The maximum atomic E-state index is 12.6. The van der Waals surface area contributed by atoms with Gasteiger partial charge in [-0.1, -0.05) is 18.3 Å². The van der Waals surface area contributed by atoms with E-state index in [4.69, 9.17) is 4.74 Å². The smallest absolute Gasteiger partial charge is 0.291 e. The summed E-state index contributed by atoms with van der Waals surface area (Å²) in [5.41, 5.74) is 1.91. The van der Waals surface area contributed by atoms with E-state index in [0.29, 0.717) is 21.9 Å². The lowest BCUT2D eigenvalue weighted by atomic mass is 10.2. The molecule has 7 heteroatoms. The molecule has 0 saturated heterocycles. The van der Waals surface area contributed by atoms with Crippen LogP contribution in [0.2, 0.25) is 0 Å². The van der Waals surface area contributed by atoms with Crippen LogP contribution in [0.25, 0.3) is 22.4 Å². The molecule has 0 bridgehead atoms. The van der Waals surface area contributed by atoms with Gasteiger partial charge in [0.1, 0.15) is 5.75 Å². The van der Waals surface area contributed by atoms with Gasteiger partial charge in [0.05, 0.1) is 11.1 Å². The lowest BCUT2D eigenvalue weighted by Gasteiger charge is -2.04. The molecule has 5 nitrogen and oxygen atoms in total. The van der Waals surface area contributed by atoms with E-state index < -0.39 is 0 Å². The largest absolute Gasteiger partial charge is 0.494 e. The van der Waals surface area contributed by atoms with Gasteiger partial charge in [0.25, 0.3) is 5.56 Å². The molecule has 0 atom stereocenters. The Bertz CT molecular complexity index is 1160. The van der Waals surface area contributed by atoms with E-state index in [1.165, 1.54) is 21.4 Å². The molecule has 0 amide bonds. The summed E-state index contributed by atoms with van der Waals surface area (Å²) in [6.07, 6.45) is 2.89. The Balaban J connectivity index is 1.68. The zero-order valence-corrected chi connectivity index (χ0v) is 16.1. The standard InChI is InChI=1S/C19H17N3O2S2/c1-3-9-24-14-6-4-13(5-7-14)17-20-19-22(21-17)18(23)16(26-19)11-15-12(2)8-10-25-15/h4-8,10-11H,3,9H2,1-2H3. The van der Waals surface area contributed by atoms with Gasteiger partial charge in [0, 0.05) is 10.4 Å². The van der Waals surface area contributed by atoms with E-state index in [9.17, 15) is 4.79 Å². The van der Waals surface area contributed by atoms with Crippen LogP contribution >= 0.6 is 22.7 Å². The molecule has 4 rings (SSSR count). The number of hydrogen-bond acceptors (Lipinski definition) is 6. The first-order valence-electron chi connectivity index (χ1n) is 8.34. The van der Waals surface area contributed by atoms with Crippen molar-refractivity contribution in [1.82, 2.24) is 14.6 Å². The van der Waals surface area contributed by atoms with Gasteiger partial charge in [0.2, 0.25) is 4.96 Å². The first kappa shape index (κ1) is 16.9. The summed E-state index contributed by atoms with van der Waals surface area (Å²) in [6, 6.07) is 9.67. The summed E-state index contributed by atoms with van der Waals surface area (Å²) >= 11 is 2.99. The summed E-state index contributed by atoms with van der Waals surface area (Å²) < 4.78 is 7.63. The number of hydrogen-bond donors (Lipinski definition) is 0. The highest BCUT2D eigenvalue weighted by molar-refractivity contribution is 7.15. The van der Waals surface area contributed by atoms with Gasteiger partial charge in [-0.25, -0.2) is 0 Å². The van der Waals surface area contributed by atoms with Gasteiger partial charge in [-0.3, -0.25) is 4.79 Å². The average molecular weight is 383 g/mol. The number of aromatic nitrogens is 3. The van der Waals surface area contributed by atoms with Crippen LogP contribution in [-0.4, -0.2) is 21.2 Å². The van der Waals surface area contributed by atoms with E-state index in [1.54, 1.807) is 11.3 Å². The molecule has 0 radical (unpaired) electrons. The van der Waals surface area contributed by atoms with Crippen LogP contribution in [0.15, 0.2) is 40.5 Å². The number of nitrogens with zero attached hydrogens (tertiary/aromatic N) is 3. The molecule has 0 aliphatic carbocycles. The fraction of sp³-hybridized carbons (Fsp3) is 0.211. The second kappa shape index (κ2) is 7.01. The van der Waals surface area contributed by atoms with Crippen LogP contribution in [0, 0.1) is 6.92 Å². The van der Waals surface area contributed by atoms with Crippen molar-refractivity contribution in [3.05, 3.63) is 61.0 Å². The molecule has 1 aromatic carbocycles. The second-order valence-electron chi connectivity index (χ2n) is 5.89. The van der Waals surface area contributed by atoms with E-state index in [0.717, 1.165) is 22.6 Å². The van der Waals surface area contributed by atoms with E-state index in [-0.39, 0.29) is 5.56 Å². The Morgan fingerprint density at radius 3 is 2.69 bits per heavy atom. The highest BCUT2D eigenvalue weighted by Gasteiger charge is 2.12. The van der Waals surface area contributed by atoms with Gasteiger partial charge in [-0.2, -0.15) is 9.50 Å². The minimum absolute atomic E-state index is 0.126. The third-order valence-corrected chi connectivity index (χ3v) is 5.86. The third-order valence-electron chi connectivity index (χ3n) is 3.93. The lowest BCUT2D eigenvalue weighted by molar-refractivity contribution is 0.317. The number of ether oxygens (including phenoxy) is 1. The Morgan fingerprint density at radius 2 is 2.04 bits per heavy atom. The average Bonchev–Trinajstić information content (AvgIpc) is 3.32. The zero-order valence-electron chi connectivity index (χ0n) is 14.4. The predicted molar refractivity (Wildman–Crippen MR) is 106 cm³/mol. The SMILES string of the molecule is CCCOc1ccc(-c2nc3sc(=Cc4sccc4C)c(=O)n3n2)cc1. The van der Waals surface area contributed by atoms with Crippen LogP contribution in [0.5, 0.6) is 5.75 Å². The van der Waals surface area contributed by atoms with Crippen LogP contribution in [0.1, 0.15) is 23.8 Å². The van der Waals surface area contributed by atoms with E-state index in [1.807, 2.05) is 48.7 Å². The van der Waals surface area contributed by atoms with Crippen LogP contribution in [0.4, 0.5) is 0 Å². The Hall–Kier alpha value is -2.51. The molecular formula is C19H17N3O2S2. The molecule has 0 aliphatic rings. The summed E-state index contributed by atoms with van der Waals surface area (Å²) in [6.45, 7) is 4.80. The number of benzene rings is 1. The molecule has 0 aliphatic heterocycles. The molecule has 0 fully saturated rings. The molecule has 3 heterocycles. The van der Waals surface area contributed by atoms with Crippen molar-refractivity contribution in [3.8, 4) is 17.1 Å². The van der Waals surface area contributed by atoms with Crippen molar-refractivity contribution in [1.29, 1.82) is 0 Å². The van der Waals surface area contributed by atoms with E-state index >= 15 is 0 Å². The number of thiazole rings is 1. The highest BCUT2D eigenvalue weighted by atomic mass is 32.1. The zero-order chi connectivity index (χ0) is 18.1. The van der Waals surface area contributed by atoms with Gasteiger partial charge in [-0.05, 0) is 60.7 Å². The van der Waals surface area contributed by atoms with Crippen molar-refractivity contribution in [2.75, 3.05) is 6.61 Å². The maximum Gasteiger partial charge on any atom is 0.291 e. The highest BCUT2D eigenvalue weighted by Crippen LogP contribution is 2.21. The summed E-state index contributed by atoms with van der Waals surface area (Å²) in [5.74, 6) is 1.37. The normalized spacial score (nSPS) is 12.2. The Morgan fingerprint density at radius 1 is 1.23 bits per heavy atom. The van der Waals surface area contributed by atoms with Crippen molar-refractivity contribution < 1.29 is 4.74 Å². The van der Waals surface area contributed by atoms with Crippen molar-refractivity contribution in [2.45, 2.75) is 20.3 Å². The summed E-state index contributed by atoms with van der Waals surface area (Å²) in [7, 11) is 0. The monoisotopic (exact) mass is 383 g/mol. The van der Waals surface area contributed by atoms with Gasteiger partial charge in [0.15, 0.2) is 5.82 Å². The van der Waals surface area contributed by atoms with Crippen molar-refractivity contribution >= 4 is 33.7 Å². The minimum atomic E-state index is -0.126. The second-order valence-corrected chi connectivity index (χ2v) is 7.84. The third kappa shape index (κ3) is 3.15. The summed E-state index contributed by atoms with van der Waals surface area (Å²) in [4.78, 5) is 18.8. The Labute approximate surface area is 158 Å². The molecule has 0 N–H and O–H groups in total. The first-order valence-corrected chi connectivity index (χ1v) is 10.0. The predicted octanol–water partition coefficient (Wildman–Crippen LogP) is 3.52. The number of rotatable bonds is 5. The molecule has 0 spiro atoms. The number of thiophene rings is 1. The molecule has 4 aromatic rings. The topological polar surface area (TPSA) is 56.5 Å². The van der Waals surface area contributed by atoms with Crippen LogP contribution < -0.4 is 14.8 Å². The molecule has 0 saturated carbocycles. The lowest BCUT2D eigenvalue weighted by Crippen LogP contribution is -2.23. The van der Waals surface area contributed by atoms with Gasteiger partial charge >= 0.3 is 0 Å². The molecule has 26 heavy (non-hydrogen) atoms. The molecule has 3 aromatic heterocycles. The quantitative estimate of drug-likeness (QED) is 0.529. The molecule has 132 valence electrons. The van der Waals surface area contributed by atoms with Gasteiger partial charge in [-0.15, -0.1) is 16.4 Å². The minimum Gasteiger partial charge on any atom is -0.494 e. The van der Waals surface area contributed by atoms with Crippen molar-refractivity contribution in [3.63, 3.8) is 0 Å². The maximum absolute atomic E-state index is 12.6. The fourth-order valence-electron chi connectivity index (χ4n) is 2.53.